The Balaban J connectivity index is 2.58. The molecule has 0 radical (unpaired) electrons. The summed E-state index contributed by atoms with van der Waals surface area (Å²) in [5.74, 6) is 0.631. The highest BCUT2D eigenvalue weighted by Crippen LogP contribution is 2.11. The Hall–Kier alpha value is -0.640. The van der Waals surface area contributed by atoms with E-state index in [1.807, 2.05) is 6.07 Å². The van der Waals surface area contributed by atoms with Gasteiger partial charge in [0.1, 0.15) is 0 Å². The van der Waals surface area contributed by atoms with E-state index in [1.165, 1.54) is 0 Å². The molecular formula is C13H21ClN2O. The van der Waals surface area contributed by atoms with Crippen LogP contribution >= 0.6 is 11.6 Å². The number of pyridine rings is 1. The largest absolute Gasteiger partial charge is 0.383 e. The third-order valence-corrected chi connectivity index (χ3v) is 2.63. The summed E-state index contributed by atoms with van der Waals surface area (Å²) in [5, 5.41) is 0.742. The van der Waals surface area contributed by atoms with Crippen LogP contribution in [0, 0.1) is 5.92 Å². The summed E-state index contributed by atoms with van der Waals surface area (Å²) in [7, 11) is 1.73. The zero-order valence-corrected chi connectivity index (χ0v) is 11.6. The molecule has 0 spiro atoms. The molecule has 0 amide bonds. The smallest absolute Gasteiger partial charge is 0.0589 e. The summed E-state index contributed by atoms with van der Waals surface area (Å²) in [4.78, 5) is 6.67. The van der Waals surface area contributed by atoms with Crippen LogP contribution in [0.5, 0.6) is 0 Å². The van der Waals surface area contributed by atoms with Crippen LogP contribution in [0.2, 0.25) is 5.02 Å². The van der Waals surface area contributed by atoms with Gasteiger partial charge in [-0.05, 0) is 18.1 Å². The van der Waals surface area contributed by atoms with Crippen molar-refractivity contribution in [2.45, 2.75) is 20.4 Å². The van der Waals surface area contributed by atoms with E-state index in [0.29, 0.717) is 5.92 Å². The van der Waals surface area contributed by atoms with Crippen LogP contribution in [0.1, 0.15) is 19.5 Å². The molecule has 4 heteroatoms. The van der Waals surface area contributed by atoms with Crippen molar-refractivity contribution in [2.75, 3.05) is 26.8 Å². The third-order valence-electron chi connectivity index (χ3n) is 2.40. The van der Waals surface area contributed by atoms with Gasteiger partial charge in [-0.25, -0.2) is 0 Å². The number of aromatic nitrogens is 1. The van der Waals surface area contributed by atoms with Crippen molar-refractivity contribution in [3.8, 4) is 0 Å². The van der Waals surface area contributed by atoms with Gasteiger partial charge in [-0.1, -0.05) is 25.4 Å². The van der Waals surface area contributed by atoms with Crippen LogP contribution < -0.4 is 0 Å². The van der Waals surface area contributed by atoms with E-state index in [2.05, 4.69) is 23.7 Å². The molecule has 0 saturated heterocycles. The fourth-order valence-electron chi connectivity index (χ4n) is 1.74. The lowest BCUT2D eigenvalue weighted by Crippen LogP contribution is -2.30. The molecule has 0 aromatic carbocycles. The van der Waals surface area contributed by atoms with Crippen molar-refractivity contribution in [3.63, 3.8) is 0 Å². The standard InChI is InChI=1S/C13H21ClN2O/c1-11(2)9-16(6-7-17-3)10-13-8-12(14)4-5-15-13/h4-5,8,11H,6-7,9-10H2,1-3H3. The molecule has 0 bridgehead atoms. The van der Waals surface area contributed by atoms with Gasteiger partial charge in [-0.2, -0.15) is 0 Å². The summed E-state index contributed by atoms with van der Waals surface area (Å²) in [6, 6.07) is 3.72. The van der Waals surface area contributed by atoms with E-state index in [0.717, 1.165) is 37.0 Å². The van der Waals surface area contributed by atoms with Crippen LogP contribution in [0.25, 0.3) is 0 Å². The second-order valence-corrected chi connectivity index (χ2v) is 5.02. The van der Waals surface area contributed by atoms with Crippen molar-refractivity contribution >= 4 is 11.6 Å². The van der Waals surface area contributed by atoms with E-state index in [9.17, 15) is 0 Å². The minimum Gasteiger partial charge on any atom is -0.383 e. The lowest BCUT2D eigenvalue weighted by molar-refractivity contribution is 0.135. The highest BCUT2D eigenvalue weighted by atomic mass is 35.5. The predicted octanol–water partition coefficient (Wildman–Crippen LogP) is 2.84. The van der Waals surface area contributed by atoms with Crippen LogP contribution in [-0.2, 0) is 11.3 Å². The predicted molar refractivity (Wildman–Crippen MR) is 71.2 cm³/mol. The molecule has 0 aliphatic carbocycles. The van der Waals surface area contributed by atoms with Crippen LogP contribution in [0.4, 0.5) is 0 Å². The molecule has 1 aromatic rings. The first-order valence-electron chi connectivity index (χ1n) is 5.93. The maximum absolute atomic E-state index is 5.96. The summed E-state index contributed by atoms with van der Waals surface area (Å²) in [6.45, 7) is 7.95. The molecule has 0 atom stereocenters. The monoisotopic (exact) mass is 256 g/mol. The Morgan fingerprint density at radius 3 is 2.82 bits per heavy atom. The molecule has 0 saturated carbocycles. The van der Waals surface area contributed by atoms with Crippen LogP contribution in [0.3, 0.4) is 0 Å². The van der Waals surface area contributed by atoms with E-state index in [1.54, 1.807) is 19.4 Å². The Bertz CT molecular complexity index is 331. The molecule has 1 aromatic heterocycles. The highest BCUT2D eigenvalue weighted by molar-refractivity contribution is 6.30. The Morgan fingerprint density at radius 1 is 1.47 bits per heavy atom. The highest BCUT2D eigenvalue weighted by Gasteiger charge is 2.09. The van der Waals surface area contributed by atoms with Crippen LogP contribution in [0.15, 0.2) is 18.3 Å². The van der Waals surface area contributed by atoms with E-state index < -0.39 is 0 Å². The fourth-order valence-corrected chi connectivity index (χ4v) is 1.92. The molecule has 0 aliphatic heterocycles. The first-order chi connectivity index (χ1) is 8.11. The van der Waals surface area contributed by atoms with E-state index >= 15 is 0 Å². The normalized spacial score (nSPS) is 11.4. The summed E-state index contributed by atoms with van der Waals surface area (Å²) < 4.78 is 5.13. The molecule has 0 N–H and O–H groups in total. The Labute approximate surface area is 109 Å². The maximum atomic E-state index is 5.96. The lowest BCUT2D eigenvalue weighted by atomic mass is 10.2. The molecule has 17 heavy (non-hydrogen) atoms. The van der Waals surface area contributed by atoms with Crippen LogP contribution in [-0.4, -0.2) is 36.7 Å². The quantitative estimate of drug-likeness (QED) is 0.750. The average molecular weight is 257 g/mol. The molecule has 1 rings (SSSR count). The molecule has 3 nitrogen and oxygen atoms in total. The average Bonchev–Trinajstić information content (AvgIpc) is 2.25. The van der Waals surface area contributed by atoms with Gasteiger partial charge >= 0.3 is 0 Å². The minimum atomic E-state index is 0.631. The van der Waals surface area contributed by atoms with Crippen molar-refractivity contribution in [1.29, 1.82) is 0 Å². The number of methoxy groups -OCH3 is 1. The van der Waals surface area contributed by atoms with Crippen molar-refractivity contribution in [3.05, 3.63) is 29.0 Å². The van der Waals surface area contributed by atoms with Crippen molar-refractivity contribution in [2.24, 2.45) is 5.92 Å². The van der Waals surface area contributed by atoms with Gasteiger partial charge in [-0.3, -0.25) is 9.88 Å². The van der Waals surface area contributed by atoms with E-state index in [4.69, 9.17) is 16.3 Å². The van der Waals surface area contributed by atoms with Gasteiger partial charge in [0.15, 0.2) is 0 Å². The van der Waals surface area contributed by atoms with Gasteiger partial charge in [-0.15, -0.1) is 0 Å². The minimum absolute atomic E-state index is 0.631. The van der Waals surface area contributed by atoms with E-state index in [-0.39, 0.29) is 0 Å². The van der Waals surface area contributed by atoms with Gasteiger partial charge < -0.3 is 4.74 Å². The molecular weight excluding hydrogens is 236 g/mol. The SMILES string of the molecule is COCCN(Cc1cc(Cl)ccn1)CC(C)C. The summed E-state index contributed by atoms with van der Waals surface area (Å²) in [6.07, 6.45) is 1.75. The number of rotatable bonds is 7. The number of ether oxygens (including phenoxy) is 1. The number of hydrogen-bond acceptors (Lipinski definition) is 3. The molecule has 0 fully saturated rings. The van der Waals surface area contributed by atoms with Gasteiger partial charge in [0, 0.05) is 38.0 Å². The van der Waals surface area contributed by atoms with Gasteiger partial charge in [0.2, 0.25) is 0 Å². The van der Waals surface area contributed by atoms with Crippen molar-refractivity contribution in [1.82, 2.24) is 9.88 Å². The molecule has 1 heterocycles. The number of halogens is 1. The third kappa shape index (κ3) is 6.01. The van der Waals surface area contributed by atoms with Crippen molar-refractivity contribution < 1.29 is 4.74 Å². The number of hydrogen-bond donors (Lipinski definition) is 0. The van der Waals surface area contributed by atoms with Gasteiger partial charge in [0.05, 0.1) is 12.3 Å². The fraction of sp³-hybridized carbons (Fsp3) is 0.615. The first kappa shape index (κ1) is 14.4. The maximum Gasteiger partial charge on any atom is 0.0589 e. The Morgan fingerprint density at radius 2 is 2.24 bits per heavy atom. The Kier molecular flexibility index (Phi) is 6.48. The summed E-state index contributed by atoms with van der Waals surface area (Å²) in [5.41, 5.74) is 1.01. The molecule has 96 valence electrons. The lowest BCUT2D eigenvalue weighted by Gasteiger charge is -2.23. The zero-order valence-electron chi connectivity index (χ0n) is 10.8. The topological polar surface area (TPSA) is 25.4 Å². The molecule has 0 aliphatic rings. The molecule has 0 unspecified atom stereocenters. The first-order valence-corrected chi connectivity index (χ1v) is 6.31. The number of nitrogens with zero attached hydrogens (tertiary/aromatic N) is 2. The second-order valence-electron chi connectivity index (χ2n) is 4.59. The zero-order chi connectivity index (χ0) is 12.7. The second kappa shape index (κ2) is 7.64. The van der Waals surface area contributed by atoms with Gasteiger partial charge in [0.25, 0.3) is 0 Å². The summed E-state index contributed by atoms with van der Waals surface area (Å²) >= 11 is 5.96.